The highest BCUT2D eigenvalue weighted by Crippen LogP contribution is 2.10. The highest BCUT2D eigenvalue weighted by Gasteiger charge is 2.24. The number of hydrogen-bond acceptors (Lipinski definition) is 7. The molecule has 0 aliphatic heterocycles. The number of rotatable bonds is 9. The van der Waals surface area contributed by atoms with E-state index in [1.165, 1.54) is 5.48 Å². The molecular formula is C27H28N6O4. The van der Waals surface area contributed by atoms with Crippen LogP contribution in [-0.2, 0) is 16.1 Å². The Hall–Kier alpha value is -4.56. The molecule has 3 rings (SSSR count). The highest BCUT2D eigenvalue weighted by atomic mass is 16.5. The quantitative estimate of drug-likeness (QED) is 0.146. The van der Waals surface area contributed by atoms with Gasteiger partial charge in [0, 0.05) is 47.4 Å². The fourth-order valence-corrected chi connectivity index (χ4v) is 3.24. The van der Waals surface area contributed by atoms with Crippen molar-refractivity contribution in [3.05, 3.63) is 95.3 Å². The standard InChI is InChI=1S/C27H28N6O4/c1-18(28)25(27(36)33-37)32-26(35)22-10-6-19(7-11-22)4-5-20-8-12-23(13-9-20)31-24(34)17-30-16-21-3-2-14-29-15-21/h2-3,6-15,18,25,30,37H,16-17,28H2,1H3,(H,31,34)(H,32,35)(H,33,36). The summed E-state index contributed by atoms with van der Waals surface area (Å²) in [4.78, 5) is 40.2. The SMILES string of the molecule is CC(N)C(NC(=O)c1ccc(C#Cc2ccc(NC(=O)CNCc3cccnc3)cc2)cc1)C(=O)NO. The van der Waals surface area contributed by atoms with Crippen LogP contribution in [-0.4, -0.2) is 46.5 Å². The monoisotopic (exact) mass is 500 g/mol. The third kappa shape index (κ3) is 8.55. The minimum absolute atomic E-state index is 0.156. The van der Waals surface area contributed by atoms with Crippen LogP contribution in [0.1, 0.15) is 34.0 Å². The number of aromatic nitrogens is 1. The summed E-state index contributed by atoms with van der Waals surface area (Å²) in [6.45, 7) is 2.27. The van der Waals surface area contributed by atoms with Gasteiger partial charge in [-0.3, -0.25) is 24.6 Å². The van der Waals surface area contributed by atoms with Crippen LogP contribution in [0.4, 0.5) is 5.69 Å². The smallest absolute Gasteiger partial charge is 0.267 e. The predicted molar refractivity (Wildman–Crippen MR) is 138 cm³/mol. The molecule has 0 aliphatic rings. The Balaban J connectivity index is 1.51. The second-order valence-electron chi connectivity index (χ2n) is 8.20. The van der Waals surface area contributed by atoms with Crippen LogP contribution >= 0.6 is 0 Å². The Bertz CT molecular complexity index is 1270. The van der Waals surface area contributed by atoms with E-state index in [1.807, 2.05) is 12.1 Å². The van der Waals surface area contributed by atoms with Crippen LogP contribution in [0, 0.1) is 11.8 Å². The molecule has 1 aromatic heterocycles. The lowest BCUT2D eigenvalue weighted by Gasteiger charge is -2.20. The zero-order valence-corrected chi connectivity index (χ0v) is 20.2. The molecule has 10 heteroatoms. The molecule has 2 aromatic carbocycles. The molecule has 1 heterocycles. The maximum atomic E-state index is 12.4. The highest BCUT2D eigenvalue weighted by molar-refractivity contribution is 5.97. The minimum Gasteiger partial charge on any atom is -0.339 e. The Morgan fingerprint density at radius 1 is 1.00 bits per heavy atom. The number of nitrogens with two attached hydrogens (primary N) is 1. The summed E-state index contributed by atoms with van der Waals surface area (Å²) >= 11 is 0. The zero-order chi connectivity index (χ0) is 26.6. The van der Waals surface area contributed by atoms with Gasteiger partial charge in [-0.25, -0.2) is 5.48 Å². The first kappa shape index (κ1) is 27.0. The normalized spacial score (nSPS) is 11.9. The Labute approximate surface area is 214 Å². The van der Waals surface area contributed by atoms with Crippen molar-refractivity contribution in [1.29, 1.82) is 0 Å². The van der Waals surface area contributed by atoms with Gasteiger partial charge in [0.2, 0.25) is 5.91 Å². The Morgan fingerprint density at radius 3 is 2.22 bits per heavy atom. The molecule has 7 N–H and O–H groups in total. The lowest BCUT2D eigenvalue weighted by molar-refractivity contribution is -0.131. The van der Waals surface area contributed by atoms with Crippen LogP contribution in [0.3, 0.4) is 0 Å². The fraction of sp³-hybridized carbons (Fsp3) is 0.185. The van der Waals surface area contributed by atoms with E-state index in [2.05, 4.69) is 32.8 Å². The molecule has 0 saturated heterocycles. The molecule has 0 saturated carbocycles. The number of carbonyl (C=O) groups is 3. The molecule has 0 aliphatic carbocycles. The summed E-state index contributed by atoms with van der Waals surface area (Å²) in [7, 11) is 0. The van der Waals surface area contributed by atoms with Crippen molar-refractivity contribution in [2.45, 2.75) is 25.6 Å². The number of pyridine rings is 1. The van der Waals surface area contributed by atoms with Crippen molar-refractivity contribution in [2.24, 2.45) is 5.73 Å². The van der Waals surface area contributed by atoms with E-state index < -0.39 is 23.9 Å². The van der Waals surface area contributed by atoms with Crippen LogP contribution < -0.4 is 27.2 Å². The van der Waals surface area contributed by atoms with Gasteiger partial charge in [0.05, 0.1) is 6.54 Å². The minimum atomic E-state index is -1.08. The zero-order valence-electron chi connectivity index (χ0n) is 20.2. The molecule has 0 spiro atoms. The summed E-state index contributed by atoms with van der Waals surface area (Å²) in [5.74, 6) is 4.59. The lowest BCUT2D eigenvalue weighted by Crippen LogP contribution is -2.54. The predicted octanol–water partition coefficient (Wildman–Crippen LogP) is 1.16. The average molecular weight is 501 g/mol. The molecule has 10 nitrogen and oxygen atoms in total. The molecule has 0 fully saturated rings. The second-order valence-corrected chi connectivity index (χ2v) is 8.20. The van der Waals surface area contributed by atoms with E-state index in [-0.39, 0.29) is 12.5 Å². The molecule has 0 bridgehead atoms. The summed E-state index contributed by atoms with van der Waals surface area (Å²) in [5, 5.41) is 17.2. The van der Waals surface area contributed by atoms with Gasteiger partial charge in [-0.2, -0.15) is 0 Å². The van der Waals surface area contributed by atoms with Gasteiger partial charge in [-0.15, -0.1) is 0 Å². The van der Waals surface area contributed by atoms with Gasteiger partial charge < -0.3 is 21.7 Å². The van der Waals surface area contributed by atoms with Crippen LogP contribution in [0.2, 0.25) is 0 Å². The topological polar surface area (TPSA) is 158 Å². The molecule has 0 radical (unpaired) electrons. The summed E-state index contributed by atoms with van der Waals surface area (Å²) < 4.78 is 0. The van der Waals surface area contributed by atoms with Crippen molar-refractivity contribution < 1.29 is 19.6 Å². The number of benzene rings is 2. The van der Waals surface area contributed by atoms with Gasteiger partial charge in [0.1, 0.15) is 6.04 Å². The van der Waals surface area contributed by atoms with Gasteiger partial charge in [-0.05, 0) is 67.1 Å². The second kappa shape index (κ2) is 13.5. The first-order valence-corrected chi connectivity index (χ1v) is 11.5. The molecule has 3 amide bonds. The van der Waals surface area contributed by atoms with Crippen molar-refractivity contribution in [2.75, 3.05) is 11.9 Å². The van der Waals surface area contributed by atoms with Gasteiger partial charge in [-0.1, -0.05) is 17.9 Å². The molecule has 3 aromatic rings. The largest absolute Gasteiger partial charge is 0.339 e. The maximum absolute atomic E-state index is 12.4. The van der Waals surface area contributed by atoms with Crippen LogP contribution in [0.5, 0.6) is 0 Å². The summed E-state index contributed by atoms with van der Waals surface area (Å²) in [6.07, 6.45) is 3.45. The summed E-state index contributed by atoms with van der Waals surface area (Å²) in [6, 6.07) is 15.7. The number of hydroxylamine groups is 1. The number of nitrogens with zero attached hydrogens (tertiary/aromatic N) is 1. The van der Waals surface area contributed by atoms with E-state index in [0.29, 0.717) is 23.4 Å². The number of carbonyl (C=O) groups excluding carboxylic acids is 3. The van der Waals surface area contributed by atoms with E-state index in [4.69, 9.17) is 10.9 Å². The first-order chi connectivity index (χ1) is 17.9. The molecular weight excluding hydrogens is 472 g/mol. The number of anilines is 1. The lowest BCUT2D eigenvalue weighted by atomic mass is 10.1. The van der Waals surface area contributed by atoms with Crippen molar-refractivity contribution in [1.82, 2.24) is 21.1 Å². The van der Waals surface area contributed by atoms with E-state index in [0.717, 1.165) is 11.1 Å². The molecule has 2 unspecified atom stereocenters. The van der Waals surface area contributed by atoms with Gasteiger partial charge >= 0.3 is 0 Å². The van der Waals surface area contributed by atoms with Crippen molar-refractivity contribution in [3.8, 4) is 11.8 Å². The average Bonchev–Trinajstić information content (AvgIpc) is 2.91. The third-order valence-corrected chi connectivity index (χ3v) is 5.21. The van der Waals surface area contributed by atoms with Crippen molar-refractivity contribution >= 4 is 23.4 Å². The van der Waals surface area contributed by atoms with Crippen molar-refractivity contribution in [3.63, 3.8) is 0 Å². The molecule has 2 atom stereocenters. The maximum Gasteiger partial charge on any atom is 0.267 e. The van der Waals surface area contributed by atoms with Crippen LogP contribution in [0.15, 0.2) is 73.1 Å². The first-order valence-electron chi connectivity index (χ1n) is 11.5. The van der Waals surface area contributed by atoms with E-state index in [1.54, 1.807) is 67.8 Å². The number of amides is 3. The molecule has 190 valence electrons. The molecule has 37 heavy (non-hydrogen) atoms. The number of hydrogen-bond donors (Lipinski definition) is 6. The van der Waals surface area contributed by atoms with Gasteiger partial charge in [0.15, 0.2) is 0 Å². The van der Waals surface area contributed by atoms with E-state index in [9.17, 15) is 14.4 Å². The van der Waals surface area contributed by atoms with E-state index >= 15 is 0 Å². The third-order valence-electron chi connectivity index (χ3n) is 5.21. The summed E-state index contributed by atoms with van der Waals surface area (Å²) in [5.41, 5.74) is 10.6. The number of nitrogens with one attached hydrogen (secondary N) is 4. The fourth-order valence-electron chi connectivity index (χ4n) is 3.24. The van der Waals surface area contributed by atoms with Crippen LogP contribution in [0.25, 0.3) is 0 Å². The Morgan fingerprint density at radius 2 is 1.65 bits per heavy atom. The Kier molecular flexibility index (Phi) is 9.87. The van der Waals surface area contributed by atoms with Gasteiger partial charge in [0.25, 0.3) is 11.8 Å².